The fourth-order valence-electron chi connectivity index (χ4n) is 12.4. The summed E-state index contributed by atoms with van der Waals surface area (Å²) in [7, 11) is -0.765. The number of halogens is 1. The Hall–Kier alpha value is -6.08. The number of furan rings is 2. The van der Waals surface area contributed by atoms with Gasteiger partial charge in [-0.2, -0.15) is 0 Å². The average molecular weight is 1430 g/mol. The fourth-order valence-corrected chi connectivity index (χ4v) is 12.7. The molecular formula is C73H88B2BrN8Na2O13+. The number of carbonyl (C=O) groups excluding carboxylic acids is 3. The molecule has 26 heteroatoms. The van der Waals surface area contributed by atoms with Crippen molar-refractivity contribution in [1.82, 2.24) is 35.1 Å². The molecule has 5 aliphatic heterocycles. The van der Waals surface area contributed by atoms with E-state index in [-0.39, 0.29) is 121 Å². The first-order chi connectivity index (χ1) is 45.9. The number of aromatic nitrogens is 4. The van der Waals surface area contributed by atoms with Crippen molar-refractivity contribution in [3.63, 3.8) is 0 Å². The van der Waals surface area contributed by atoms with E-state index in [2.05, 4.69) is 161 Å². The van der Waals surface area contributed by atoms with Gasteiger partial charge >= 0.3 is 85.5 Å². The van der Waals surface area contributed by atoms with Gasteiger partial charge in [0.25, 0.3) is 23.1 Å². The molecule has 9 heterocycles. The third-order valence-electron chi connectivity index (χ3n) is 19.0. The minimum absolute atomic E-state index is 0. The van der Waals surface area contributed by atoms with Crippen LogP contribution >= 0.6 is 15.9 Å². The minimum atomic E-state index is -0.530. The van der Waals surface area contributed by atoms with Crippen LogP contribution in [0.3, 0.4) is 0 Å². The van der Waals surface area contributed by atoms with Gasteiger partial charge < -0.3 is 58.5 Å². The Morgan fingerprint density at radius 1 is 0.596 bits per heavy atom. The number of amidine groups is 1. The summed E-state index contributed by atoms with van der Waals surface area (Å²) >= 11 is 3.28. The SMILES string of the molecule is CC(C)(C)OC(=O)N1CCC[C@H]1C1=N[C+]=C(Br)N1.CC(C)(C)OC(=O)N1CCC[C@H]1c1ncc(-c2ccc3oc(-c4ccc(-c5cnc(C6CCCC6)[nH]5)cc4)cc3c2)[nH]1.CC1(C)OB(c2ccc(-c3cc4cc(B5OC(C)(C)C(C)(C)O5)ccc4o3)cc2)OC1(C)C.O=CO[O-].[H-].[Na+].[Na+]. The molecule has 1 aliphatic carbocycles. The van der Waals surface area contributed by atoms with Gasteiger partial charge in [-0.05, 0) is 188 Å². The molecule has 512 valence electrons. The summed E-state index contributed by atoms with van der Waals surface area (Å²) in [4.78, 5) is 60.1. The number of ether oxygens (including phenoxy) is 2. The Morgan fingerprint density at radius 3 is 1.53 bits per heavy atom. The molecule has 6 aliphatic rings. The molecule has 5 fully saturated rings. The van der Waals surface area contributed by atoms with Crippen molar-refractivity contribution in [2.45, 2.75) is 200 Å². The molecule has 4 aromatic carbocycles. The Kier molecular flexibility index (Phi) is 24.3. The van der Waals surface area contributed by atoms with Crippen LogP contribution in [0.4, 0.5) is 9.59 Å². The smallest absolute Gasteiger partial charge is 1.00 e. The summed E-state index contributed by atoms with van der Waals surface area (Å²) in [5.74, 6) is 4.87. The van der Waals surface area contributed by atoms with Crippen molar-refractivity contribution in [3.05, 3.63) is 132 Å². The zero-order valence-electron chi connectivity index (χ0n) is 60.8. The van der Waals surface area contributed by atoms with Crippen molar-refractivity contribution in [2.24, 2.45) is 4.99 Å². The van der Waals surface area contributed by atoms with Gasteiger partial charge in [-0.3, -0.25) is 14.6 Å². The van der Waals surface area contributed by atoms with E-state index in [0.717, 1.165) is 121 Å². The molecule has 1 saturated carbocycles. The zero-order valence-corrected chi connectivity index (χ0v) is 65.4. The molecule has 0 radical (unpaired) electrons. The number of fused-ring (bicyclic) bond motifs is 2. The maximum Gasteiger partial charge on any atom is 1.00 e. The fraction of sp³-hybridized carbons (Fsp3) is 0.452. The first-order valence-corrected chi connectivity index (χ1v) is 34.1. The average Bonchev–Trinajstić information content (AvgIpc) is 1.63. The minimum Gasteiger partial charge on any atom is -1.00 e. The number of likely N-dealkylation sites (tertiary alicyclic amines) is 2. The maximum atomic E-state index is 12.8. The number of hydrogen-bond donors (Lipinski definition) is 3. The number of rotatable bonds is 10. The zero-order chi connectivity index (χ0) is 69.4. The molecule has 14 rings (SSSR count). The van der Waals surface area contributed by atoms with Gasteiger partial charge in [0.05, 0.1) is 52.2 Å². The van der Waals surface area contributed by atoms with Crippen molar-refractivity contribution in [1.29, 1.82) is 0 Å². The van der Waals surface area contributed by atoms with Crippen LogP contribution in [0.5, 0.6) is 0 Å². The van der Waals surface area contributed by atoms with Gasteiger partial charge in [0, 0.05) is 67.4 Å². The summed E-state index contributed by atoms with van der Waals surface area (Å²) in [6.07, 6.45) is 14.7. The number of aromatic amines is 2. The molecule has 0 spiro atoms. The number of carbonyl (C=O) groups is 3. The van der Waals surface area contributed by atoms with Crippen LogP contribution in [0.1, 0.15) is 173 Å². The van der Waals surface area contributed by atoms with Crippen molar-refractivity contribution >= 4 is 87.5 Å². The Balaban J connectivity index is 0.000000195. The van der Waals surface area contributed by atoms with E-state index in [4.69, 9.17) is 47.0 Å². The molecule has 4 saturated heterocycles. The summed E-state index contributed by atoms with van der Waals surface area (Å²) in [5, 5.41) is 13.5. The summed E-state index contributed by atoms with van der Waals surface area (Å²) in [6.45, 7) is 29.0. The number of imidazole rings is 2. The van der Waals surface area contributed by atoms with Crippen molar-refractivity contribution in [2.75, 3.05) is 13.1 Å². The molecule has 99 heavy (non-hydrogen) atoms. The predicted molar refractivity (Wildman–Crippen MR) is 376 cm³/mol. The molecule has 2 atom stereocenters. The van der Waals surface area contributed by atoms with E-state index in [9.17, 15) is 9.59 Å². The van der Waals surface area contributed by atoms with Gasteiger partial charge in [-0.25, -0.2) is 24.9 Å². The molecule has 3 N–H and O–H groups in total. The number of amides is 2. The Morgan fingerprint density at radius 2 is 1.02 bits per heavy atom. The van der Waals surface area contributed by atoms with E-state index in [1.165, 1.54) is 25.7 Å². The van der Waals surface area contributed by atoms with Gasteiger partial charge in [0.1, 0.15) is 45.5 Å². The van der Waals surface area contributed by atoms with E-state index >= 15 is 0 Å². The second-order valence-corrected chi connectivity index (χ2v) is 30.2. The topological polar surface area (TPSA) is 253 Å². The summed E-state index contributed by atoms with van der Waals surface area (Å²) in [5.41, 5.74) is 7.34. The number of nitrogens with one attached hydrogen (secondary N) is 3. The standard InChI is InChI=1S/C34H37N5O3.C26H32B2O5.C12H17BrN3O2.CH2O3.2Na.H/c1-34(2,3)42-33(40)39-16-6-9-28(39)32-36-20-27(38-32)24-14-15-29-25(17-24)18-30(41-29)22-12-10-21(11-13-22)26-19-35-31(37-26)23-7-4-5-8-23;1-23(2)24(3,4)31-27(30-23)19-11-9-17(10-12-19)22-16-18-15-20(13-14-21(18)29-22)28-32-25(5,6)26(7,8)33-28;1-12(2,3)18-11(17)16-6-4-5-8(16)10-14-7-9(13)15-10;2-1-4-3;;;/h10-15,17-20,23,28H,4-9,16H2,1-3H3,(H,35,37)(H,36,38);9-16H,1-8H3;8H,4-6H2,1-3H3,(H,14,15);1,3H;;;/q;;+1;;2*+1;-1/p-1/t28-;;8-;;;;/m0.0..../s1. The van der Waals surface area contributed by atoms with Gasteiger partial charge in [0.2, 0.25) is 0 Å². The van der Waals surface area contributed by atoms with E-state index < -0.39 is 18.3 Å². The van der Waals surface area contributed by atoms with Crippen LogP contribution in [0, 0.1) is 6.20 Å². The third-order valence-corrected chi connectivity index (χ3v) is 19.3. The number of nitrogens with zero attached hydrogens (tertiary/aromatic N) is 5. The van der Waals surface area contributed by atoms with E-state index in [0.29, 0.717) is 23.6 Å². The first-order valence-electron chi connectivity index (χ1n) is 33.3. The second kappa shape index (κ2) is 31.3. The van der Waals surface area contributed by atoms with Crippen molar-refractivity contribution in [3.8, 4) is 45.2 Å². The van der Waals surface area contributed by atoms with Crippen LogP contribution < -0.4 is 80.6 Å². The molecule has 2 amide bonds. The number of hydrogen-bond acceptors (Lipinski definition) is 17. The van der Waals surface area contributed by atoms with Crippen LogP contribution in [0.15, 0.2) is 128 Å². The predicted octanol–water partition coefficient (Wildman–Crippen LogP) is 8.25. The molecule has 21 nitrogen and oxygen atoms in total. The molecule has 0 bridgehead atoms. The van der Waals surface area contributed by atoms with Gasteiger partial charge in [-0.1, -0.05) is 73.5 Å². The molecule has 0 unspecified atom stereocenters. The van der Waals surface area contributed by atoms with Crippen molar-refractivity contribution < 1.29 is 122 Å². The van der Waals surface area contributed by atoms with Crippen LogP contribution in [-0.4, -0.2) is 121 Å². The van der Waals surface area contributed by atoms with E-state index in [1.807, 2.05) is 102 Å². The molecule has 4 aromatic heterocycles. The monoisotopic (exact) mass is 1430 g/mol. The molecule has 8 aromatic rings. The Labute approximate surface area is 634 Å². The number of benzene rings is 4. The number of H-pyrrole nitrogens is 2. The second-order valence-electron chi connectivity index (χ2n) is 29.4. The third kappa shape index (κ3) is 18.0. The van der Waals surface area contributed by atoms with Crippen LogP contribution in [0.2, 0.25) is 0 Å². The van der Waals surface area contributed by atoms with Gasteiger partial charge in [0.15, 0.2) is 6.04 Å². The first kappa shape index (κ1) is 77.1. The molecular weight excluding hydrogens is 1340 g/mol. The van der Waals surface area contributed by atoms with E-state index in [1.54, 1.807) is 9.80 Å². The van der Waals surface area contributed by atoms with Crippen LogP contribution in [-0.2, 0) is 37.8 Å². The largest absolute Gasteiger partial charge is 1.00 e. The summed E-state index contributed by atoms with van der Waals surface area (Å²) in [6, 6.07) is 32.9. The number of aliphatic imine (C=N–C) groups is 1. The van der Waals surface area contributed by atoms with Gasteiger partial charge in [-0.15, -0.1) is 0 Å². The normalized spacial score (nSPS) is 19.6. The quantitative estimate of drug-likeness (QED) is 0.0291. The van der Waals surface area contributed by atoms with Crippen LogP contribution in [0.25, 0.3) is 67.1 Å². The summed E-state index contributed by atoms with van der Waals surface area (Å²) < 4.78 is 48.8. The maximum absolute atomic E-state index is 12.8. The Bertz CT molecular complexity index is 4160.